The number of anilines is 2. The first-order valence-electron chi connectivity index (χ1n) is 6.10. The average Bonchev–Trinajstić information content (AvgIpc) is 2.68. The molecular weight excluding hydrogens is 234 g/mol. The Hall–Kier alpha value is -1.23. The minimum absolute atomic E-state index is 0.0714. The molecule has 0 saturated heterocycles. The summed E-state index contributed by atoms with van der Waals surface area (Å²) < 4.78 is 0. The van der Waals surface area contributed by atoms with Gasteiger partial charge in [-0.3, -0.25) is 4.79 Å². The van der Waals surface area contributed by atoms with Crippen LogP contribution in [-0.2, 0) is 0 Å². The summed E-state index contributed by atoms with van der Waals surface area (Å²) in [6.07, 6.45) is 3.20. The minimum atomic E-state index is -0.0714. The van der Waals surface area contributed by atoms with E-state index in [0.29, 0.717) is 17.1 Å². The van der Waals surface area contributed by atoms with Crippen molar-refractivity contribution in [1.82, 2.24) is 5.32 Å². The first-order valence-corrected chi connectivity index (χ1v) is 6.92. The maximum atomic E-state index is 11.8. The summed E-state index contributed by atoms with van der Waals surface area (Å²) in [4.78, 5) is 12.4. The van der Waals surface area contributed by atoms with Gasteiger partial charge in [0.2, 0.25) is 0 Å². The van der Waals surface area contributed by atoms with Crippen LogP contribution in [0.25, 0.3) is 0 Å². The van der Waals surface area contributed by atoms with Crippen molar-refractivity contribution in [3.05, 3.63) is 10.9 Å². The van der Waals surface area contributed by atoms with Crippen LogP contribution in [0.5, 0.6) is 0 Å². The van der Waals surface area contributed by atoms with Crippen LogP contribution in [0.4, 0.5) is 10.7 Å². The molecule has 0 bridgehead atoms. The molecular formula is C12H21N3OS. The van der Waals surface area contributed by atoms with E-state index in [4.69, 9.17) is 5.73 Å². The van der Waals surface area contributed by atoms with E-state index in [1.165, 1.54) is 11.3 Å². The molecule has 1 aromatic heterocycles. The molecule has 1 heterocycles. The number of rotatable bonds is 7. The fourth-order valence-electron chi connectivity index (χ4n) is 1.38. The highest BCUT2D eigenvalue weighted by atomic mass is 32.1. The molecule has 0 aliphatic carbocycles. The quantitative estimate of drug-likeness (QED) is 0.656. The molecule has 0 aliphatic rings. The third kappa shape index (κ3) is 4.26. The molecule has 1 aromatic rings. The van der Waals surface area contributed by atoms with Crippen LogP contribution in [0, 0.1) is 0 Å². The van der Waals surface area contributed by atoms with Gasteiger partial charge in [-0.05, 0) is 18.9 Å². The summed E-state index contributed by atoms with van der Waals surface area (Å²) in [5.74, 6) is -0.0714. The second-order valence-electron chi connectivity index (χ2n) is 3.93. The first kappa shape index (κ1) is 13.8. The first-order chi connectivity index (χ1) is 8.19. The summed E-state index contributed by atoms with van der Waals surface area (Å²) in [6, 6.07) is 1.83. The van der Waals surface area contributed by atoms with Crippen molar-refractivity contribution in [2.24, 2.45) is 0 Å². The zero-order valence-electron chi connectivity index (χ0n) is 10.5. The number of carbonyl (C=O) groups is 1. The van der Waals surface area contributed by atoms with Crippen molar-refractivity contribution in [3.8, 4) is 0 Å². The molecule has 96 valence electrons. The van der Waals surface area contributed by atoms with E-state index in [9.17, 15) is 4.79 Å². The fourth-order valence-corrected chi connectivity index (χ4v) is 2.30. The Bertz CT molecular complexity index is 363. The number of carbonyl (C=O) groups excluding carboxylic acids is 1. The predicted molar refractivity (Wildman–Crippen MR) is 74.8 cm³/mol. The Balaban J connectivity index is 2.58. The Kier molecular flexibility index (Phi) is 5.83. The lowest BCUT2D eigenvalue weighted by atomic mass is 10.3. The number of unbranched alkanes of at least 4 members (excludes halogenated alkanes) is 1. The lowest BCUT2D eigenvalue weighted by molar-refractivity contribution is 0.0958. The SMILES string of the molecule is CCCCNc1cc(N)c(C(=O)NCCC)s1. The molecule has 0 fully saturated rings. The van der Waals surface area contributed by atoms with Gasteiger partial charge < -0.3 is 16.4 Å². The van der Waals surface area contributed by atoms with E-state index in [-0.39, 0.29) is 5.91 Å². The standard InChI is InChI=1S/C12H21N3OS/c1-3-5-7-14-10-8-9(13)11(17-10)12(16)15-6-4-2/h8,14H,3-7,13H2,1-2H3,(H,15,16). The van der Waals surface area contributed by atoms with Crippen LogP contribution in [0.15, 0.2) is 6.07 Å². The molecule has 1 amide bonds. The van der Waals surface area contributed by atoms with E-state index < -0.39 is 0 Å². The number of hydrogen-bond donors (Lipinski definition) is 3. The van der Waals surface area contributed by atoms with Gasteiger partial charge in [0.05, 0.1) is 10.7 Å². The van der Waals surface area contributed by atoms with E-state index in [0.717, 1.165) is 30.8 Å². The Morgan fingerprint density at radius 1 is 1.35 bits per heavy atom. The van der Waals surface area contributed by atoms with Gasteiger partial charge in [0.1, 0.15) is 4.88 Å². The zero-order chi connectivity index (χ0) is 12.7. The molecule has 4 N–H and O–H groups in total. The number of nitrogen functional groups attached to an aromatic ring is 1. The molecule has 0 atom stereocenters. The molecule has 5 heteroatoms. The largest absolute Gasteiger partial charge is 0.397 e. The Morgan fingerprint density at radius 3 is 2.76 bits per heavy atom. The maximum Gasteiger partial charge on any atom is 0.263 e. The monoisotopic (exact) mass is 255 g/mol. The van der Waals surface area contributed by atoms with Gasteiger partial charge >= 0.3 is 0 Å². The van der Waals surface area contributed by atoms with Gasteiger partial charge in [-0.1, -0.05) is 20.3 Å². The molecule has 0 radical (unpaired) electrons. The van der Waals surface area contributed by atoms with Gasteiger partial charge in [-0.2, -0.15) is 0 Å². The van der Waals surface area contributed by atoms with Crippen molar-refractivity contribution in [3.63, 3.8) is 0 Å². The van der Waals surface area contributed by atoms with Gasteiger partial charge in [0.25, 0.3) is 5.91 Å². The van der Waals surface area contributed by atoms with Crippen LogP contribution in [0.3, 0.4) is 0 Å². The van der Waals surface area contributed by atoms with E-state index >= 15 is 0 Å². The van der Waals surface area contributed by atoms with E-state index in [2.05, 4.69) is 17.6 Å². The van der Waals surface area contributed by atoms with Gasteiger partial charge in [0, 0.05) is 13.1 Å². The highest BCUT2D eigenvalue weighted by Gasteiger charge is 2.13. The number of nitrogens with two attached hydrogens (primary N) is 1. The minimum Gasteiger partial charge on any atom is -0.397 e. The number of hydrogen-bond acceptors (Lipinski definition) is 4. The second-order valence-corrected chi connectivity index (χ2v) is 4.98. The maximum absolute atomic E-state index is 11.8. The summed E-state index contributed by atoms with van der Waals surface area (Å²) in [5.41, 5.74) is 6.39. The predicted octanol–water partition coefficient (Wildman–Crippen LogP) is 2.68. The lowest BCUT2D eigenvalue weighted by Crippen LogP contribution is -2.23. The molecule has 0 aliphatic heterocycles. The number of amides is 1. The van der Waals surface area contributed by atoms with Crippen LogP contribution in [0.1, 0.15) is 42.8 Å². The van der Waals surface area contributed by atoms with Crippen molar-refractivity contribution in [2.75, 3.05) is 24.1 Å². The Labute approximate surface area is 107 Å². The smallest absolute Gasteiger partial charge is 0.263 e. The highest BCUT2D eigenvalue weighted by Crippen LogP contribution is 2.29. The third-order valence-corrected chi connectivity index (χ3v) is 3.44. The van der Waals surface area contributed by atoms with E-state index in [1.807, 2.05) is 13.0 Å². The van der Waals surface area contributed by atoms with Crippen LogP contribution in [-0.4, -0.2) is 19.0 Å². The van der Waals surface area contributed by atoms with Crippen LogP contribution < -0.4 is 16.4 Å². The summed E-state index contributed by atoms with van der Waals surface area (Å²) in [5, 5.41) is 7.08. The van der Waals surface area contributed by atoms with Crippen molar-refractivity contribution >= 4 is 27.9 Å². The van der Waals surface area contributed by atoms with Gasteiger partial charge in [-0.25, -0.2) is 0 Å². The van der Waals surface area contributed by atoms with Gasteiger partial charge in [0.15, 0.2) is 0 Å². The molecule has 0 spiro atoms. The molecule has 1 rings (SSSR count). The number of thiophene rings is 1. The average molecular weight is 255 g/mol. The summed E-state index contributed by atoms with van der Waals surface area (Å²) >= 11 is 1.42. The second kappa shape index (κ2) is 7.17. The number of nitrogens with one attached hydrogen (secondary N) is 2. The van der Waals surface area contributed by atoms with Crippen LogP contribution >= 0.6 is 11.3 Å². The highest BCUT2D eigenvalue weighted by molar-refractivity contribution is 7.18. The molecule has 0 saturated carbocycles. The van der Waals surface area contributed by atoms with Crippen molar-refractivity contribution in [2.45, 2.75) is 33.1 Å². The lowest BCUT2D eigenvalue weighted by Gasteiger charge is -2.01. The molecule has 17 heavy (non-hydrogen) atoms. The Morgan fingerprint density at radius 2 is 2.12 bits per heavy atom. The molecule has 0 unspecified atom stereocenters. The van der Waals surface area contributed by atoms with Crippen molar-refractivity contribution < 1.29 is 4.79 Å². The summed E-state index contributed by atoms with van der Waals surface area (Å²) in [6.45, 7) is 5.78. The zero-order valence-corrected chi connectivity index (χ0v) is 11.3. The normalized spacial score (nSPS) is 10.2. The summed E-state index contributed by atoms with van der Waals surface area (Å²) in [7, 11) is 0. The topological polar surface area (TPSA) is 67.1 Å². The third-order valence-electron chi connectivity index (χ3n) is 2.33. The molecule has 4 nitrogen and oxygen atoms in total. The van der Waals surface area contributed by atoms with Gasteiger partial charge in [-0.15, -0.1) is 11.3 Å². The van der Waals surface area contributed by atoms with E-state index in [1.54, 1.807) is 0 Å². The van der Waals surface area contributed by atoms with Crippen molar-refractivity contribution in [1.29, 1.82) is 0 Å². The van der Waals surface area contributed by atoms with Crippen LogP contribution in [0.2, 0.25) is 0 Å². The fraction of sp³-hybridized carbons (Fsp3) is 0.583. The molecule has 0 aromatic carbocycles.